The van der Waals surface area contributed by atoms with E-state index in [9.17, 15) is 4.79 Å². The number of pyridine rings is 1. The van der Waals surface area contributed by atoms with Crippen LogP contribution in [0.4, 0.5) is 5.82 Å². The smallest absolute Gasteiger partial charge is 0.222 e. The zero-order valence-corrected chi connectivity index (χ0v) is 7.16. The number of primary amides is 1. The maximum absolute atomic E-state index is 10.9. The highest BCUT2D eigenvalue weighted by molar-refractivity contribution is 5.78. The van der Waals surface area contributed by atoms with Gasteiger partial charge in [-0.25, -0.2) is 4.98 Å². The molecule has 4 heteroatoms. The van der Waals surface area contributed by atoms with E-state index >= 15 is 0 Å². The second-order valence-electron chi connectivity index (χ2n) is 3.20. The predicted octanol–water partition coefficient (Wildman–Crippen LogP) is 0.151. The number of carbonyl (C=O) groups is 1. The third kappa shape index (κ3) is 1.47. The van der Waals surface area contributed by atoms with Gasteiger partial charge in [-0.05, 0) is 18.1 Å². The summed E-state index contributed by atoms with van der Waals surface area (Å²) in [6.07, 6.45) is 2.43. The minimum atomic E-state index is -0.248. The molecule has 4 nitrogen and oxygen atoms in total. The molecule has 0 aliphatic carbocycles. The fraction of sp³-hybridized carbons (Fsp3) is 0.333. The van der Waals surface area contributed by atoms with Gasteiger partial charge in [-0.3, -0.25) is 4.79 Å². The van der Waals surface area contributed by atoms with Crippen LogP contribution in [0.5, 0.6) is 0 Å². The van der Waals surface area contributed by atoms with Gasteiger partial charge in [0.25, 0.3) is 0 Å². The molecule has 1 unspecified atom stereocenters. The second-order valence-corrected chi connectivity index (χ2v) is 3.20. The summed E-state index contributed by atoms with van der Waals surface area (Å²) in [4.78, 5) is 15.1. The van der Waals surface area contributed by atoms with Gasteiger partial charge < -0.3 is 11.1 Å². The van der Waals surface area contributed by atoms with Gasteiger partial charge in [-0.2, -0.15) is 0 Å². The average molecular weight is 177 g/mol. The molecular formula is C9H11N3O. The molecule has 0 bridgehead atoms. The first-order valence-electron chi connectivity index (χ1n) is 4.24. The maximum atomic E-state index is 10.9. The third-order valence-electron chi connectivity index (χ3n) is 2.28. The zero-order valence-electron chi connectivity index (χ0n) is 7.16. The van der Waals surface area contributed by atoms with Crippen molar-refractivity contribution in [2.75, 3.05) is 11.9 Å². The highest BCUT2D eigenvalue weighted by Crippen LogP contribution is 2.21. The molecule has 1 aromatic heterocycles. The van der Waals surface area contributed by atoms with Crippen LogP contribution in [0.25, 0.3) is 0 Å². The lowest BCUT2D eigenvalue weighted by molar-refractivity contribution is -0.121. The van der Waals surface area contributed by atoms with Crippen molar-refractivity contribution in [3.8, 4) is 0 Å². The van der Waals surface area contributed by atoms with E-state index in [1.165, 1.54) is 0 Å². The molecule has 2 rings (SSSR count). The van der Waals surface area contributed by atoms with Crippen molar-refractivity contribution in [2.45, 2.75) is 6.42 Å². The lowest BCUT2D eigenvalue weighted by atomic mass is 9.96. The zero-order chi connectivity index (χ0) is 9.26. The van der Waals surface area contributed by atoms with Crippen LogP contribution in [0, 0.1) is 5.92 Å². The van der Waals surface area contributed by atoms with Gasteiger partial charge in [-0.1, -0.05) is 6.07 Å². The molecule has 0 saturated carbocycles. The number of nitrogens with one attached hydrogen (secondary N) is 1. The number of amides is 1. The van der Waals surface area contributed by atoms with Crippen LogP contribution in [0.1, 0.15) is 5.56 Å². The van der Waals surface area contributed by atoms with Crippen LogP contribution in [0.3, 0.4) is 0 Å². The number of anilines is 1. The summed E-state index contributed by atoms with van der Waals surface area (Å²) in [5.41, 5.74) is 6.29. The van der Waals surface area contributed by atoms with Gasteiger partial charge in [0.1, 0.15) is 5.82 Å². The summed E-state index contributed by atoms with van der Waals surface area (Å²) in [6, 6.07) is 3.83. The SMILES string of the molecule is NC(=O)C1CNc2ncccc2C1. The number of nitrogens with two attached hydrogens (primary N) is 1. The van der Waals surface area contributed by atoms with Crippen LogP contribution in [0.15, 0.2) is 18.3 Å². The van der Waals surface area contributed by atoms with Crippen LogP contribution in [0.2, 0.25) is 0 Å². The van der Waals surface area contributed by atoms with E-state index in [0.717, 1.165) is 11.4 Å². The molecule has 1 aliphatic rings. The van der Waals surface area contributed by atoms with Crippen molar-refractivity contribution < 1.29 is 4.79 Å². The Labute approximate surface area is 76.2 Å². The minimum Gasteiger partial charge on any atom is -0.369 e. The van der Waals surface area contributed by atoms with Crippen LogP contribution in [-0.2, 0) is 11.2 Å². The van der Waals surface area contributed by atoms with Gasteiger partial charge in [-0.15, -0.1) is 0 Å². The lowest BCUT2D eigenvalue weighted by Crippen LogP contribution is -2.34. The number of nitrogens with zero attached hydrogens (tertiary/aromatic N) is 1. The Hall–Kier alpha value is -1.58. The Kier molecular flexibility index (Phi) is 1.88. The number of fused-ring (bicyclic) bond motifs is 1. The monoisotopic (exact) mass is 177 g/mol. The number of aromatic nitrogens is 1. The molecule has 1 aliphatic heterocycles. The Balaban J connectivity index is 2.24. The number of hydrogen-bond donors (Lipinski definition) is 2. The summed E-state index contributed by atoms with van der Waals surface area (Å²) in [5, 5.41) is 3.08. The largest absolute Gasteiger partial charge is 0.369 e. The first-order valence-corrected chi connectivity index (χ1v) is 4.24. The van der Waals surface area contributed by atoms with Crippen molar-refractivity contribution in [1.82, 2.24) is 4.98 Å². The molecule has 0 spiro atoms. The molecule has 1 aromatic rings. The number of carbonyl (C=O) groups excluding carboxylic acids is 1. The van der Waals surface area contributed by atoms with E-state index in [2.05, 4.69) is 10.3 Å². The first-order chi connectivity index (χ1) is 6.27. The van der Waals surface area contributed by atoms with Crippen molar-refractivity contribution in [3.05, 3.63) is 23.9 Å². The van der Waals surface area contributed by atoms with Crippen LogP contribution >= 0.6 is 0 Å². The molecular weight excluding hydrogens is 166 g/mol. The van der Waals surface area contributed by atoms with E-state index in [1.807, 2.05) is 12.1 Å². The molecule has 0 aromatic carbocycles. The van der Waals surface area contributed by atoms with Gasteiger partial charge in [0.05, 0.1) is 5.92 Å². The van der Waals surface area contributed by atoms with Crippen molar-refractivity contribution in [2.24, 2.45) is 11.7 Å². The van der Waals surface area contributed by atoms with E-state index in [4.69, 9.17) is 5.73 Å². The standard InChI is InChI=1S/C9H11N3O/c10-8(13)7-4-6-2-1-3-11-9(6)12-5-7/h1-3,7H,4-5H2,(H2,10,13)(H,11,12). The van der Waals surface area contributed by atoms with Gasteiger partial charge in [0.2, 0.25) is 5.91 Å². The Morgan fingerprint density at radius 3 is 3.31 bits per heavy atom. The van der Waals surface area contributed by atoms with E-state index in [1.54, 1.807) is 6.20 Å². The van der Waals surface area contributed by atoms with Crippen molar-refractivity contribution in [3.63, 3.8) is 0 Å². The molecule has 1 amide bonds. The van der Waals surface area contributed by atoms with Crippen molar-refractivity contribution >= 4 is 11.7 Å². The highest BCUT2D eigenvalue weighted by Gasteiger charge is 2.22. The Morgan fingerprint density at radius 2 is 2.54 bits per heavy atom. The molecule has 2 heterocycles. The lowest BCUT2D eigenvalue weighted by Gasteiger charge is -2.22. The highest BCUT2D eigenvalue weighted by atomic mass is 16.1. The predicted molar refractivity (Wildman–Crippen MR) is 49.1 cm³/mol. The molecule has 3 N–H and O–H groups in total. The molecule has 68 valence electrons. The fourth-order valence-corrected chi connectivity index (χ4v) is 1.52. The quantitative estimate of drug-likeness (QED) is 0.641. The number of hydrogen-bond acceptors (Lipinski definition) is 3. The summed E-state index contributed by atoms with van der Waals surface area (Å²) >= 11 is 0. The normalized spacial score (nSPS) is 20.2. The van der Waals surface area contributed by atoms with Gasteiger partial charge >= 0.3 is 0 Å². The summed E-state index contributed by atoms with van der Waals surface area (Å²) < 4.78 is 0. The Morgan fingerprint density at radius 1 is 1.69 bits per heavy atom. The van der Waals surface area contributed by atoms with E-state index < -0.39 is 0 Å². The third-order valence-corrected chi connectivity index (χ3v) is 2.28. The average Bonchev–Trinajstić information content (AvgIpc) is 2.17. The molecule has 13 heavy (non-hydrogen) atoms. The first kappa shape index (κ1) is 8.04. The maximum Gasteiger partial charge on any atom is 0.222 e. The number of rotatable bonds is 1. The van der Waals surface area contributed by atoms with Crippen LogP contribution in [-0.4, -0.2) is 17.4 Å². The molecule has 1 atom stereocenters. The molecule has 0 radical (unpaired) electrons. The van der Waals surface area contributed by atoms with Crippen LogP contribution < -0.4 is 11.1 Å². The van der Waals surface area contributed by atoms with E-state index in [0.29, 0.717) is 13.0 Å². The topological polar surface area (TPSA) is 68.0 Å². The molecule has 0 fully saturated rings. The summed E-state index contributed by atoms with van der Waals surface area (Å²) in [5.74, 6) is 0.527. The van der Waals surface area contributed by atoms with Crippen molar-refractivity contribution in [1.29, 1.82) is 0 Å². The minimum absolute atomic E-state index is 0.100. The Bertz CT molecular complexity index is 337. The second kappa shape index (κ2) is 3.05. The molecule has 0 saturated heterocycles. The fourth-order valence-electron chi connectivity index (χ4n) is 1.52. The summed E-state index contributed by atoms with van der Waals surface area (Å²) in [6.45, 7) is 0.597. The van der Waals surface area contributed by atoms with Gasteiger partial charge in [0.15, 0.2) is 0 Å². The summed E-state index contributed by atoms with van der Waals surface area (Å²) in [7, 11) is 0. The van der Waals surface area contributed by atoms with Gasteiger partial charge in [0, 0.05) is 12.7 Å². The van der Waals surface area contributed by atoms with E-state index in [-0.39, 0.29) is 11.8 Å².